The summed E-state index contributed by atoms with van der Waals surface area (Å²) in [5.74, 6) is 1.02. The van der Waals surface area contributed by atoms with Gasteiger partial charge in [0.2, 0.25) is 5.91 Å². The van der Waals surface area contributed by atoms with Gasteiger partial charge >= 0.3 is 0 Å². The lowest BCUT2D eigenvalue weighted by atomic mass is 10.1. The van der Waals surface area contributed by atoms with Crippen molar-refractivity contribution in [1.82, 2.24) is 9.80 Å². The van der Waals surface area contributed by atoms with Gasteiger partial charge < -0.3 is 9.64 Å². The summed E-state index contributed by atoms with van der Waals surface area (Å²) in [4.78, 5) is 17.1. The van der Waals surface area contributed by atoms with Crippen LogP contribution in [0.3, 0.4) is 0 Å². The molecule has 0 N–H and O–H groups in total. The molecule has 2 aromatic rings. The molecule has 2 aromatic carbocycles. The van der Waals surface area contributed by atoms with Gasteiger partial charge in [-0.25, -0.2) is 0 Å². The summed E-state index contributed by atoms with van der Waals surface area (Å²) in [6.45, 7) is 2.38. The van der Waals surface area contributed by atoms with Crippen LogP contribution in [0.4, 0.5) is 0 Å². The van der Waals surface area contributed by atoms with Gasteiger partial charge in [0.15, 0.2) is 0 Å². The molecule has 4 heteroatoms. The largest absolute Gasteiger partial charge is 0.496 e. The number of hydrogen-bond donors (Lipinski definition) is 0. The number of para-hydroxylation sites is 1. The second kappa shape index (κ2) is 8.17. The van der Waals surface area contributed by atoms with Crippen LogP contribution in [-0.2, 0) is 17.9 Å². The molecule has 4 nitrogen and oxygen atoms in total. The van der Waals surface area contributed by atoms with Gasteiger partial charge in [0, 0.05) is 25.7 Å². The second-order valence-corrected chi connectivity index (χ2v) is 6.62. The molecule has 3 rings (SSSR count). The summed E-state index contributed by atoms with van der Waals surface area (Å²) in [5.41, 5.74) is 2.29. The molecule has 0 radical (unpaired) electrons. The molecule has 0 aliphatic carbocycles. The lowest BCUT2D eigenvalue weighted by Crippen LogP contribution is -2.43. The van der Waals surface area contributed by atoms with E-state index in [1.807, 2.05) is 42.3 Å². The van der Waals surface area contributed by atoms with Crippen molar-refractivity contribution in [1.29, 1.82) is 0 Å². The van der Waals surface area contributed by atoms with Crippen LogP contribution in [0.5, 0.6) is 5.75 Å². The number of carbonyl (C=O) groups excluding carboxylic acids is 1. The molecule has 132 valence electrons. The highest BCUT2D eigenvalue weighted by Gasteiger charge is 2.32. The number of likely N-dealkylation sites (N-methyl/N-ethyl adjacent to an activating group) is 1. The van der Waals surface area contributed by atoms with E-state index in [1.165, 1.54) is 5.56 Å². The molecule has 0 saturated carbocycles. The van der Waals surface area contributed by atoms with Gasteiger partial charge in [-0.3, -0.25) is 9.69 Å². The number of nitrogens with zero attached hydrogens (tertiary/aromatic N) is 2. The Morgan fingerprint density at radius 3 is 2.64 bits per heavy atom. The van der Waals surface area contributed by atoms with Gasteiger partial charge in [0.05, 0.1) is 13.2 Å². The van der Waals surface area contributed by atoms with Crippen molar-refractivity contribution in [2.75, 3.05) is 20.7 Å². The van der Waals surface area contributed by atoms with E-state index in [0.717, 1.165) is 37.2 Å². The topological polar surface area (TPSA) is 32.8 Å². The molecule has 25 heavy (non-hydrogen) atoms. The highest BCUT2D eigenvalue weighted by molar-refractivity contribution is 5.82. The molecule has 1 aliphatic rings. The van der Waals surface area contributed by atoms with E-state index in [4.69, 9.17) is 4.74 Å². The third-order valence-electron chi connectivity index (χ3n) is 4.85. The van der Waals surface area contributed by atoms with Crippen molar-refractivity contribution in [2.24, 2.45) is 0 Å². The monoisotopic (exact) mass is 338 g/mol. The molecule has 0 bridgehead atoms. The zero-order valence-corrected chi connectivity index (χ0v) is 15.0. The number of rotatable bonds is 6. The van der Waals surface area contributed by atoms with E-state index >= 15 is 0 Å². The first-order chi connectivity index (χ1) is 12.2. The highest BCUT2D eigenvalue weighted by atomic mass is 16.5. The minimum absolute atomic E-state index is 0.0279. The van der Waals surface area contributed by atoms with Crippen molar-refractivity contribution in [2.45, 2.75) is 32.0 Å². The Morgan fingerprint density at radius 2 is 1.88 bits per heavy atom. The van der Waals surface area contributed by atoms with E-state index < -0.39 is 0 Å². The molecule has 1 saturated heterocycles. The molecule has 0 unspecified atom stereocenters. The molecule has 0 spiro atoms. The van der Waals surface area contributed by atoms with Crippen molar-refractivity contribution < 1.29 is 9.53 Å². The lowest BCUT2D eigenvalue weighted by molar-refractivity contribution is -0.135. The first kappa shape index (κ1) is 17.5. The summed E-state index contributed by atoms with van der Waals surface area (Å²) in [6, 6.07) is 18.2. The van der Waals surface area contributed by atoms with Gasteiger partial charge in [0.25, 0.3) is 0 Å². The summed E-state index contributed by atoms with van der Waals surface area (Å²) in [7, 11) is 3.55. The van der Waals surface area contributed by atoms with Crippen molar-refractivity contribution in [3.05, 3.63) is 65.7 Å². The smallest absolute Gasteiger partial charge is 0.239 e. The molecule has 1 amide bonds. The van der Waals surface area contributed by atoms with Gasteiger partial charge in [-0.1, -0.05) is 48.5 Å². The molecule has 1 atom stereocenters. The maximum absolute atomic E-state index is 13.0. The third-order valence-corrected chi connectivity index (χ3v) is 4.85. The normalized spacial score (nSPS) is 17.4. The van der Waals surface area contributed by atoms with Crippen LogP contribution < -0.4 is 4.74 Å². The van der Waals surface area contributed by atoms with E-state index in [1.54, 1.807) is 7.11 Å². The van der Waals surface area contributed by atoms with Crippen molar-refractivity contribution in [3.8, 4) is 5.75 Å². The Hall–Kier alpha value is -2.33. The zero-order chi connectivity index (χ0) is 17.6. The van der Waals surface area contributed by atoms with Crippen LogP contribution in [-0.4, -0.2) is 42.5 Å². The number of carbonyl (C=O) groups is 1. The molecule has 1 heterocycles. The fourth-order valence-corrected chi connectivity index (χ4v) is 3.53. The van der Waals surface area contributed by atoms with E-state index in [2.05, 4.69) is 29.2 Å². The van der Waals surface area contributed by atoms with Crippen LogP contribution in [0.25, 0.3) is 0 Å². The van der Waals surface area contributed by atoms with Gasteiger partial charge in [0.1, 0.15) is 5.75 Å². The summed E-state index contributed by atoms with van der Waals surface area (Å²) >= 11 is 0. The Balaban J connectivity index is 1.66. The number of ether oxygens (including phenoxy) is 1. The average Bonchev–Trinajstić information content (AvgIpc) is 3.10. The first-order valence-electron chi connectivity index (χ1n) is 8.84. The number of likely N-dealkylation sites (tertiary alicyclic amines) is 1. The van der Waals surface area contributed by atoms with Crippen LogP contribution in [0.1, 0.15) is 24.0 Å². The number of hydrogen-bond acceptors (Lipinski definition) is 3. The number of amides is 1. The third kappa shape index (κ3) is 4.20. The Kier molecular flexibility index (Phi) is 5.71. The fraction of sp³-hybridized carbons (Fsp3) is 0.381. The van der Waals surface area contributed by atoms with E-state index in [9.17, 15) is 4.79 Å². The summed E-state index contributed by atoms with van der Waals surface area (Å²) < 4.78 is 5.40. The molecule has 1 aliphatic heterocycles. The first-order valence-corrected chi connectivity index (χ1v) is 8.84. The average molecular weight is 338 g/mol. The standard InChI is InChI=1S/C21H26N2O2/c1-22(16-18-11-6-7-13-20(18)25-2)21(24)19-12-8-14-23(19)15-17-9-4-3-5-10-17/h3-7,9-11,13,19H,8,12,14-16H2,1-2H3/t19-/m0/s1. The number of benzene rings is 2. The highest BCUT2D eigenvalue weighted by Crippen LogP contribution is 2.24. The van der Waals surface area contributed by atoms with E-state index in [-0.39, 0.29) is 11.9 Å². The van der Waals surface area contributed by atoms with Crippen LogP contribution >= 0.6 is 0 Å². The maximum Gasteiger partial charge on any atom is 0.239 e. The maximum atomic E-state index is 13.0. The fourth-order valence-electron chi connectivity index (χ4n) is 3.53. The predicted molar refractivity (Wildman–Crippen MR) is 99.3 cm³/mol. The van der Waals surface area contributed by atoms with Crippen LogP contribution in [0.2, 0.25) is 0 Å². The molecule has 0 aromatic heterocycles. The summed E-state index contributed by atoms with van der Waals surface area (Å²) in [5, 5.41) is 0. The Labute approximate surface area is 150 Å². The predicted octanol–water partition coefficient (Wildman–Crippen LogP) is 3.32. The minimum Gasteiger partial charge on any atom is -0.496 e. The van der Waals surface area contributed by atoms with Gasteiger partial charge in [-0.05, 0) is 31.0 Å². The van der Waals surface area contributed by atoms with Gasteiger partial charge in [-0.15, -0.1) is 0 Å². The summed E-state index contributed by atoms with van der Waals surface area (Å²) in [6.07, 6.45) is 2.01. The Morgan fingerprint density at radius 1 is 1.16 bits per heavy atom. The van der Waals surface area contributed by atoms with Crippen molar-refractivity contribution in [3.63, 3.8) is 0 Å². The van der Waals surface area contributed by atoms with Crippen LogP contribution in [0.15, 0.2) is 54.6 Å². The van der Waals surface area contributed by atoms with Gasteiger partial charge in [-0.2, -0.15) is 0 Å². The Bertz CT molecular complexity index is 702. The SMILES string of the molecule is COc1ccccc1CN(C)C(=O)[C@@H]1CCCN1Cc1ccccc1. The molecular formula is C21H26N2O2. The molecular weight excluding hydrogens is 312 g/mol. The second-order valence-electron chi connectivity index (χ2n) is 6.62. The van der Waals surface area contributed by atoms with Crippen molar-refractivity contribution >= 4 is 5.91 Å². The molecule has 1 fully saturated rings. The minimum atomic E-state index is -0.0279. The van der Waals surface area contributed by atoms with E-state index in [0.29, 0.717) is 6.54 Å². The lowest BCUT2D eigenvalue weighted by Gasteiger charge is -2.28. The van der Waals surface area contributed by atoms with Crippen LogP contribution in [0, 0.1) is 0 Å². The number of methoxy groups -OCH3 is 1. The quantitative estimate of drug-likeness (QED) is 0.810. The zero-order valence-electron chi connectivity index (χ0n) is 15.0.